The fourth-order valence-electron chi connectivity index (χ4n) is 1.89. The second-order valence-electron chi connectivity index (χ2n) is 4.43. The van der Waals surface area contributed by atoms with Crippen molar-refractivity contribution in [3.63, 3.8) is 0 Å². The summed E-state index contributed by atoms with van der Waals surface area (Å²) in [4.78, 5) is 46.2. The van der Waals surface area contributed by atoms with Crippen molar-refractivity contribution in [1.29, 1.82) is 0 Å². The van der Waals surface area contributed by atoms with Crippen molar-refractivity contribution in [2.45, 2.75) is 19.8 Å². The van der Waals surface area contributed by atoms with Crippen LogP contribution in [0.5, 0.6) is 0 Å². The number of nitrogens with zero attached hydrogens (tertiary/aromatic N) is 1. The molecule has 0 aliphatic carbocycles. The van der Waals surface area contributed by atoms with Gasteiger partial charge < -0.3 is 10.4 Å². The van der Waals surface area contributed by atoms with Crippen LogP contribution in [-0.4, -0.2) is 58.3 Å². The number of carboxylic acid groups (broad SMARTS) is 1. The molecule has 7 nitrogen and oxygen atoms in total. The van der Waals surface area contributed by atoms with Crippen molar-refractivity contribution in [2.24, 2.45) is 5.92 Å². The van der Waals surface area contributed by atoms with Gasteiger partial charge in [-0.05, 0) is 6.42 Å². The first-order valence-corrected chi connectivity index (χ1v) is 7.51. The molecule has 0 aromatic carbocycles. The van der Waals surface area contributed by atoms with Gasteiger partial charge >= 0.3 is 5.97 Å². The van der Waals surface area contributed by atoms with Crippen molar-refractivity contribution in [1.82, 2.24) is 10.2 Å². The normalized spacial score (nSPS) is 18.4. The molecule has 1 saturated heterocycles. The summed E-state index contributed by atoms with van der Waals surface area (Å²) < 4.78 is 0. The first-order valence-electron chi connectivity index (χ1n) is 6.36. The van der Waals surface area contributed by atoms with Gasteiger partial charge in [0.2, 0.25) is 17.7 Å². The Hall–Kier alpha value is -1.57. The Morgan fingerprint density at radius 1 is 1.40 bits per heavy atom. The van der Waals surface area contributed by atoms with Crippen LogP contribution in [0.25, 0.3) is 0 Å². The number of amides is 3. The van der Waals surface area contributed by atoms with Crippen LogP contribution in [0.2, 0.25) is 0 Å². The van der Waals surface area contributed by atoms with Crippen molar-refractivity contribution < 1.29 is 24.3 Å². The molecular formula is C12H18N2O5S. The number of rotatable bonds is 8. The molecular weight excluding hydrogens is 284 g/mol. The second-order valence-corrected chi connectivity index (χ2v) is 5.41. The second kappa shape index (κ2) is 7.88. The van der Waals surface area contributed by atoms with Gasteiger partial charge in [0.05, 0.1) is 11.5 Å². The van der Waals surface area contributed by atoms with Crippen LogP contribution >= 0.6 is 11.8 Å². The van der Waals surface area contributed by atoms with Gasteiger partial charge in [0.25, 0.3) is 0 Å². The van der Waals surface area contributed by atoms with Gasteiger partial charge in [-0.2, -0.15) is 0 Å². The number of carboxylic acids is 1. The smallest absolute Gasteiger partial charge is 0.313 e. The zero-order valence-electron chi connectivity index (χ0n) is 11.3. The Balaban J connectivity index is 2.23. The zero-order valence-corrected chi connectivity index (χ0v) is 12.1. The number of hydrogen-bond acceptors (Lipinski definition) is 5. The number of nitrogens with one attached hydrogen (secondary N) is 1. The topological polar surface area (TPSA) is 104 Å². The van der Waals surface area contributed by atoms with Gasteiger partial charge in [-0.3, -0.25) is 24.1 Å². The van der Waals surface area contributed by atoms with Crippen LogP contribution in [-0.2, 0) is 19.2 Å². The lowest BCUT2D eigenvalue weighted by Gasteiger charge is -2.14. The zero-order chi connectivity index (χ0) is 15.1. The van der Waals surface area contributed by atoms with Gasteiger partial charge in [-0.1, -0.05) is 6.92 Å². The highest BCUT2D eigenvalue weighted by Gasteiger charge is 2.36. The summed E-state index contributed by atoms with van der Waals surface area (Å²) in [5.74, 6) is -1.96. The summed E-state index contributed by atoms with van der Waals surface area (Å²) in [5, 5.41) is 11.0. The Kier molecular flexibility index (Phi) is 6.50. The number of hydrogen-bond donors (Lipinski definition) is 2. The van der Waals surface area contributed by atoms with Crippen LogP contribution in [0.1, 0.15) is 19.8 Å². The molecule has 0 aromatic heterocycles. The van der Waals surface area contributed by atoms with Gasteiger partial charge in [0.1, 0.15) is 0 Å². The van der Waals surface area contributed by atoms with E-state index in [4.69, 9.17) is 5.11 Å². The van der Waals surface area contributed by atoms with E-state index in [2.05, 4.69) is 5.32 Å². The van der Waals surface area contributed by atoms with E-state index in [0.29, 0.717) is 6.42 Å². The van der Waals surface area contributed by atoms with Crippen molar-refractivity contribution in [2.75, 3.05) is 24.6 Å². The number of aliphatic carboxylic acids is 1. The molecule has 1 fully saturated rings. The van der Waals surface area contributed by atoms with E-state index in [1.807, 2.05) is 6.92 Å². The molecule has 0 spiro atoms. The molecule has 1 atom stereocenters. The molecule has 1 heterocycles. The van der Waals surface area contributed by atoms with E-state index < -0.39 is 5.97 Å². The third-order valence-electron chi connectivity index (χ3n) is 2.95. The number of carbonyl (C=O) groups is 4. The third kappa shape index (κ3) is 4.84. The maximum absolute atomic E-state index is 11.8. The monoisotopic (exact) mass is 302 g/mol. The van der Waals surface area contributed by atoms with E-state index >= 15 is 0 Å². The third-order valence-corrected chi connectivity index (χ3v) is 3.86. The molecule has 112 valence electrons. The minimum atomic E-state index is -0.971. The number of carbonyl (C=O) groups excluding carboxylic acids is 3. The van der Waals surface area contributed by atoms with Gasteiger partial charge in [-0.25, -0.2) is 0 Å². The fraction of sp³-hybridized carbons (Fsp3) is 0.667. The summed E-state index contributed by atoms with van der Waals surface area (Å²) in [6.07, 6.45) is 0.886. The van der Waals surface area contributed by atoms with E-state index in [1.54, 1.807) is 0 Å². The van der Waals surface area contributed by atoms with Crippen LogP contribution in [0.15, 0.2) is 0 Å². The molecule has 2 N–H and O–H groups in total. The summed E-state index contributed by atoms with van der Waals surface area (Å²) >= 11 is 0.998. The minimum absolute atomic E-state index is 0.0474. The standard InChI is InChI=1S/C12H18N2O5S/c1-2-8-5-10(16)14(12(8)19)4-3-13-9(15)6-20-7-11(17)18/h8H,2-7H2,1H3,(H,13,15)(H,17,18). The molecule has 1 aliphatic heterocycles. The van der Waals surface area contributed by atoms with Gasteiger partial charge in [0.15, 0.2) is 0 Å². The predicted molar refractivity (Wildman–Crippen MR) is 73.1 cm³/mol. The fourth-order valence-corrected chi connectivity index (χ4v) is 2.46. The van der Waals surface area contributed by atoms with Crippen molar-refractivity contribution >= 4 is 35.5 Å². The Labute approximate surface area is 121 Å². The lowest BCUT2D eigenvalue weighted by Crippen LogP contribution is -2.39. The number of likely N-dealkylation sites (tertiary alicyclic amines) is 1. The van der Waals surface area contributed by atoms with Crippen LogP contribution < -0.4 is 5.32 Å². The average Bonchev–Trinajstić information content (AvgIpc) is 2.65. The van der Waals surface area contributed by atoms with E-state index in [-0.39, 0.29) is 54.7 Å². The highest BCUT2D eigenvalue weighted by atomic mass is 32.2. The number of imide groups is 1. The summed E-state index contributed by atoms with van der Waals surface area (Å²) in [5.41, 5.74) is 0. The van der Waals surface area contributed by atoms with Gasteiger partial charge in [-0.15, -0.1) is 11.8 Å². The predicted octanol–water partition coefficient (Wildman–Crippen LogP) is -0.294. The Bertz CT molecular complexity index is 413. The quantitative estimate of drug-likeness (QED) is 0.597. The molecule has 20 heavy (non-hydrogen) atoms. The summed E-state index contributed by atoms with van der Waals surface area (Å²) in [6, 6.07) is 0. The Morgan fingerprint density at radius 2 is 2.10 bits per heavy atom. The van der Waals surface area contributed by atoms with Gasteiger partial charge in [0, 0.05) is 25.4 Å². The van der Waals surface area contributed by atoms with Crippen LogP contribution in [0.3, 0.4) is 0 Å². The summed E-state index contributed by atoms with van der Waals surface area (Å²) in [6.45, 7) is 2.23. The molecule has 0 aromatic rings. The van der Waals surface area contributed by atoms with Crippen molar-refractivity contribution in [3.05, 3.63) is 0 Å². The van der Waals surface area contributed by atoms with E-state index in [1.165, 1.54) is 4.90 Å². The molecule has 1 rings (SSSR count). The number of thioether (sulfide) groups is 1. The molecule has 1 unspecified atom stereocenters. The SMILES string of the molecule is CCC1CC(=O)N(CCNC(=O)CSCC(=O)O)C1=O. The molecule has 1 aliphatic rings. The van der Waals surface area contributed by atoms with Crippen molar-refractivity contribution in [3.8, 4) is 0 Å². The highest BCUT2D eigenvalue weighted by Crippen LogP contribution is 2.21. The molecule has 0 bridgehead atoms. The van der Waals surface area contributed by atoms with E-state index in [9.17, 15) is 19.2 Å². The first-order chi connectivity index (χ1) is 9.45. The molecule has 3 amide bonds. The maximum atomic E-state index is 11.8. The summed E-state index contributed by atoms with van der Waals surface area (Å²) in [7, 11) is 0. The Morgan fingerprint density at radius 3 is 2.65 bits per heavy atom. The molecule has 8 heteroatoms. The maximum Gasteiger partial charge on any atom is 0.313 e. The van der Waals surface area contributed by atoms with E-state index in [0.717, 1.165) is 11.8 Å². The lowest BCUT2D eigenvalue weighted by molar-refractivity contribution is -0.139. The van der Waals surface area contributed by atoms with Crippen LogP contribution in [0.4, 0.5) is 0 Å². The molecule has 0 radical (unpaired) electrons. The lowest BCUT2D eigenvalue weighted by atomic mass is 10.1. The largest absolute Gasteiger partial charge is 0.481 e. The minimum Gasteiger partial charge on any atom is -0.481 e. The highest BCUT2D eigenvalue weighted by molar-refractivity contribution is 8.00. The van der Waals surface area contributed by atoms with Crippen LogP contribution in [0, 0.1) is 5.92 Å². The molecule has 0 saturated carbocycles. The average molecular weight is 302 g/mol. The first kappa shape index (κ1) is 16.5.